The summed E-state index contributed by atoms with van der Waals surface area (Å²) >= 11 is 0. The first-order chi connectivity index (χ1) is 12.2. The van der Waals surface area contributed by atoms with Gasteiger partial charge in [-0.15, -0.1) is 0 Å². The molecule has 1 atom stereocenters. The largest absolute Gasteiger partial charge is 0.376 e. The third kappa shape index (κ3) is 1.56. The van der Waals surface area contributed by atoms with E-state index in [1.807, 2.05) is 42.5 Å². The van der Waals surface area contributed by atoms with Crippen molar-refractivity contribution in [1.29, 1.82) is 0 Å². The molecule has 124 valence electrons. The average molecular weight is 334 g/mol. The van der Waals surface area contributed by atoms with E-state index in [9.17, 15) is 9.90 Å². The molecule has 0 saturated carbocycles. The van der Waals surface area contributed by atoms with Gasteiger partial charge < -0.3 is 10.8 Å². The molecule has 2 aliphatic rings. The summed E-state index contributed by atoms with van der Waals surface area (Å²) in [6, 6.07) is 14.8. The molecule has 2 aliphatic heterocycles. The fourth-order valence-corrected chi connectivity index (χ4v) is 3.69. The standard InChI is InChI=1S/C17H14N6O2/c18-15-20-16-19-11-6-2-4-8-13(11)23(16)17(21-15)10-5-1-3-7-12(10)22(9-24)14(17)25/h1-8,24H,9H2,(H3,18,19,20,21)/t17-/m0/s1. The van der Waals surface area contributed by atoms with Gasteiger partial charge in [-0.25, -0.2) is 9.98 Å². The van der Waals surface area contributed by atoms with Crippen LogP contribution in [0.5, 0.6) is 0 Å². The lowest BCUT2D eigenvalue weighted by Crippen LogP contribution is -2.49. The highest BCUT2D eigenvalue weighted by Crippen LogP contribution is 2.47. The number of anilines is 2. The minimum Gasteiger partial charge on any atom is -0.376 e. The van der Waals surface area contributed by atoms with E-state index >= 15 is 0 Å². The molecule has 0 saturated heterocycles. The smallest absolute Gasteiger partial charge is 0.283 e. The topological polar surface area (TPSA) is 109 Å². The van der Waals surface area contributed by atoms with Crippen LogP contribution in [0.15, 0.2) is 53.5 Å². The Labute approximate surface area is 142 Å². The van der Waals surface area contributed by atoms with Gasteiger partial charge in [0, 0.05) is 5.56 Å². The first-order valence-corrected chi connectivity index (χ1v) is 7.79. The molecule has 5 rings (SSSR count). The van der Waals surface area contributed by atoms with Crippen LogP contribution in [0.3, 0.4) is 0 Å². The number of carbonyl (C=O) groups excluding carboxylic acids is 1. The molecule has 3 heterocycles. The van der Waals surface area contributed by atoms with Gasteiger partial charge in [-0.3, -0.25) is 19.6 Å². The van der Waals surface area contributed by atoms with Gasteiger partial charge in [0.2, 0.25) is 11.6 Å². The maximum atomic E-state index is 13.3. The molecule has 8 nitrogen and oxygen atoms in total. The number of nitrogens with two attached hydrogens (primary N) is 1. The number of fused-ring (bicyclic) bond motifs is 6. The van der Waals surface area contributed by atoms with Crippen LogP contribution >= 0.6 is 0 Å². The second kappa shape index (κ2) is 4.58. The van der Waals surface area contributed by atoms with Crippen molar-refractivity contribution in [2.45, 2.75) is 5.66 Å². The Hall–Kier alpha value is -3.39. The van der Waals surface area contributed by atoms with Crippen LogP contribution in [-0.4, -0.2) is 33.3 Å². The van der Waals surface area contributed by atoms with E-state index in [4.69, 9.17) is 5.73 Å². The molecule has 2 aromatic carbocycles. The molecule has 1 aromatic heterocycles. The molecular weight excluding hydrogens is 320 g/mol. The number of hydrogen-bond donors (Lipinski definition) is 3. The molecule has 25 heavy (non-hydrogen) atoms. The van der Waals surface area contributed by atoms with Gasteiger partial charge in [0.25, 0.3) is 5.91 Å². The lowest BCUT2D eigenvalue weighted by atomic mass is 10.00. The second-order valence-electron chi connectivity index (χ2n) is 5.95. The highest BCUT2D eigenvalue weighted by atomic mass is 16.3. The minimum atomic E-state index is -1.42. The molecule has 3 aromatic rings. The Morgan fingerprint density at radius 1 is 1.16 bits per heavy atom. The van der Waals surface area contributed by atoms with Gasteiger partial charge in [0.05, 0.1) is 16.7 Å². The fraction of sp³-hybridized carbons (Fsp3) is 0.118. The SMILES string of the molecule is NC1=N[C@]2(C(=O)N(CO)c3ccccc32)n2c(nc3ccccc32)N1. The Morgan fingerprint density at radius 2 is 1.92 bits per heavy atom. The van der Waals surface area contributed by atoms with E-state index in [0.29, 0.717) is 17.2 Å². The fourth-order valence-electron chi connectivity index (χ4n) is 3.69. The normalized spacial score (nSPS) is 21.2. The number of para-hydroxylation sites is 3. The summed E-state index contributed by atoms with van der Waals surface area (Å²) in [5.41, 5.74) is 7.31. The van der Waals surface area contributed by atoms with Crippen molar-refractivity contribution in [2.24, 2.45) is 10.7 Å². The number of amides is 1. The van der Waals surface area contributed by atoms with Crippen molar-refractivity contribution in [1.82, 2.24) is 9.55 Å². The summed E-state index contributed by atoms with van der Waals surface area (Å²) in [5, 5.41) is 12.7. The summed E-state index contributed by atoms with van der Waals surface area (Å²) in [7, 11) is 0. The van der Waals surface area contributed by atoms with Gasteiger partial charge in [-0.1, -0.05) is 30.3 Å². The maximum Gasteiger partial charge on any atom is 0.283 e. The minimum absolute atomic E-state index is 0.103. The zero-order valence-corrected chi connectivity index (χ0v) is 13.0. The van der Waals surface area contributed by atoms with Crippen LogP contribution in [0.25, 0.3) is 11.0 Å². The zero-order chi connectivity index (χ0) is 17.2. The second-order valence-corrected chi connectivity index (χ2v) is 5.95. The molecule has 0 bridgehead atoms. The van der Waals surface area contributed by atoms with Crippen LogP contribution in [0.2, 0.25) is 0 Å². The number of benzene rings is 2. The van der Waals surface area contributed by atoms with Crippen LogP contribution in [0, 0.1) is 0 Å². The lowest BCUT2D eigenvalue weighted by Gasteiger charge is -2.32. The van der Waals surface area contributed by atoms with E-state index in [2.05, 4.69) is 15.3 Å². The highest BCUT2D eigenvalue weighted by molar-refractivity contribution is 6.11. The Kier molecular flexibility index (Phi) is 2.56. The number of aliphatic hydroxyl groups excluding tert-OH is 1. The maximum absolute atomic E-state index is 13.3. The number of imidazole rings is 1. The van der Waals surface area contributed by atoms with Crippen LogP contribution in [-0.2, 0) is 10.5 Å². The lowest BCUT2D eigenvalue weighted by molar-refractivity contribution is -0.124. The van der Waals surface area contributed by atoms with Gasteiger partial charge in [-0.2, -0.15) is 0 Å². The van der Waals surface area contributed by atoms with E-state index in [0.717, 1.165) is 11.0 Å². The molecule has 0 aliphatic carbocycles. The van der Waals surface area contributed by atoms with Crippen molar-refractivity contribution in [3.8, 4) is 0 Å². The predicted octanol–water partition coefficient (Wildman–Crippen LogP) is 0.774. The summed E-state index contributed by atoms with van der Waals surface area (Å²) in [6.07, 6.45) is 0. The summed E-state index contributed by atoms with van der Waals surface area (Å²) in [4.78, 5) is 23.7. The third-order valence-corrected chi connectivity index (χ3v) is 4.66. The van der Waals surface area contributed by atoms with Gasteiger partial charge in [-0.05, 0) is 18.2 Å². The average Bonchev–Trinajstić information content (AvgIpc) is 3.09. The predicted molar refractivity (Wildman–Crippen MR) is 93.1 cm³/mol. The molecule has 8 heteroatoms. The molecule has 0 unspecified atom stereocenters. The number of aromatic nitrogens is 2. The highest BCUT2D eigenvalue weighted by Gasteiger charge is 2.55. The Morgan fingerprint density at radius 3 is 2.76 bits per heavy atom. The number of guanidine groups is 1. The Bertz CT molecular complexity index is 1070. The quantitative estimate of drug-likeness (QED) is 0.609. The van der Waals surface area contributed by atoms with Crippen molar-refractivity contribution < 1.29 is 9.90 Å². The number of aliphatic imine (C=N–C) groups is 1. The molecule has 0 radical (unpaired) electrons. The number of nitrogens with zero attached hydrogens (tertiary/aromatic N) is 4. The van der Waals surface area contributed by atoms with Crippen molar-refractivity contribution in [2.75, 3.05) is 16.9 Å². The molecular formula is C17H14N6O2. The van der Waals surface area contributed by atoms with Crippen LogP contribution < -0.4 is 16.0 Å². The number of rotatable bonds is 1. The van der Waals surface area contributed by atoms with Crippen molar-refractivity contribution in [3.63, 3.8) is 0 Å². The van der Waals surface area contributed by atoms with Crippen LogP contribution in [0.4, 0.5) is 11.6 Å². The zero-order valence-electron chi connectivity index (χ0n) is 13.0. The van der Waals surface area contributed by atoms with E-state index in [1.165, 1.54) is 4.90 Å². The number of aliphatic hydroxyl groups is 1. The summed E-state index contributed by atoms with van der Waals surface area (Å²) in [5.74, 6) is 0.174. The van der Waals surface area contributed by atoms with Crippen LogP contribution in [0.1, 0.15) is 5.56 Å². The molecule has 1 amide bonds. The number of nitrogens with one attached hydrogen (secondary N) is 1. The first-order valence-electron chi connectivity index (χ1n) is 7.79. The van der Waals surface area contributed by atoms with E-state index in [-0.39, 0.29) is 11.9 Å². The summed E-state index contributed by atoms with van der Waals surface area (Å²) < 4.78 is 1.75. The van der Waals surface area contributed by atoms with Crippen molar-refractivity contribution in [3.05, 3.63) is 54.1 Å². The first kappa shape index (κ1) is 14.0. The number of hydrogen-bond acceptors (Lipinski definition) is 6. The molecule has 4 N–H and O–H groups in total. The molecule has 1 spiro atoms. The van der Waals surface area contributed by atoms with Gasteiger partial charge in [0.15, 0.2) is 5.96 Å². The Balaban J connectivity index is 1.93. The number of carbonyl (C=O) groups is 1. The summed E-state index contributed by atoms with van der Waals surface area (Å²) in [6.45, 7) is -0.442. The van der Waals surface area contributed by atoms with E-state index in [1.54, 1.807) is 10.6 Å². The van der Waals surface area contributed by atoms with Gasteiger partial charge in [0.1, 0.15) is 6.73 Å². The van der Waals surface area contributed by atoms with Crippen molar-refractivity contribution >= 4 is 34.5 Å². The van der Waals surface area contributed by atoms with E-state index < -0.39 is 12.4 Å². The third-order valence-electron chi connectivity index (χ3n) is 4.66. The monoisotopic (exact) mass is 334 g/mol. The molecule has 0 fully saturated rings. The van der Waals surface area contributed by atoms with Gasteiger partial charge >= 0.3 is 0 Å².